The number of benzene rings is 1. The molecule has 0 spiro atoms. The zero-order chi connectivity index (χ0) is 14.9. The quantitative estimate of drug-likeness (QED) is 0.829. The van der Waals surface area contributed by atoms with Gasteiger partial charge in [0, 0.05) is 18.8 Å². The van der Waals surface area contributed by atoms with Crippen LogP contribution in [0.4, 0.5) is 5.69 Å². The predicted octanol–water partition coefficient (Wildman–Crippen LogP) is 1.51. The molecule has 1 heterocycles. The smallest absolute Gasteiger partial charge is 0.280 e. The van der Waals surface area contributed by atoms with E-state index < -0.39 is 10.0 Å². The lowest BCUT2D eigenvalue weighted by molar-refractivity contribution is 0.598. The van der Waals surface area contributed by atoms with Gasteiger partial charge in [-0.25, -0.2) is 4.98 Å². The third-order valence-corrected chi connectivity index (χ3v) is 4.27. The zero-order valence-corrected chi connectivity index (χ0v) is 12.8. The Kier molecular flexibility index (Phi) is 3.98. The monoisotopic (exact) mass is 330 g/mol. The Hall–Kier alpha value is -1.64. The number of rotatable bonds is 4. The third-order valence-electron chi connectivity index (χ3n) is 2.45. The average Bonchev–Trinajstić information content (AvgIpc) is 2.79. The Bertz CT molecular complexity index is 770. The fraction of sp³-hybridized carbons (Fsp3) is 0.0909. The first-order valence-corrected chi connectivity index (χ1v) is 7.66. The standard InChI is InChI=1S/C11H11ClN4O2S2/c1-16-5-10(14-6-16)20(17,18)15-9-4-7(11(13)19)2-3-8(9)12/h2-6,15H,1H3,(H2,13,19). The van der Waals surface area contributed by atoms with Crippen molar-refractivity contribution < 1.29 is 8.42 Å². The molecule has 0 saturated heterocycles. The number of imidazole rings is 1. The topological polar surface area (TPSA) is 90.0 Å². The molecule has 0 unspecified atom stereocenters. The average molecular weight is 331 g/mol. The van der Waals surface area contributed by atoms with Gasteiger partial charge in [0.05, 0.1) is 17.0 Å². The fourth-order valence-electron chi connectivity index (χ4n) is 1.48. The van der Waals surface area contributed by atoms with Crippen LogP contribution in [0.1, 0.15) is 5.56 Å². The van der Waals surface area contributed by atoms with E-state index in [4.69, 9.17) is 29.6 Å². The molecule has 2 aromatic rings. The van der Waals surface area contributed by atoms with E-state index in [2.05, 4.69) is 9.71 Å². The lowest BCUT2D eigenvalue weighted by atomic mass is 10.2. The van der Waals surface area contributed by atoms with Crippen LogP contribution in [-0.2, 0) is 17.1 Å². The van der Waals surface area contributed by atoms with E-state index in [1.54, 1.807) is 13.1 Å². The zero-order valence-electron chi connectivity index (χ0n) is 10.4. The molecule has 9 heteroatoms. The summed E-state index contributed by atoms with van der Waals surface area (Å²) >= 11 is 10.8. The van der Waals surface area contributed by atoms with Crippen molar-refractivity contribution in [3.63, 3.8) is 0 Å². The molecule has 0 bridgehead atoms. The second kappa shape index (κ2) is 5.39. The van der Waals surface area contributed by atoms with Gasteiger partial charge < -0.3 is 10.3 Å². The van der Waals surface area contributed by atoms with Gasteiger partial charge in [-0.1, -0.05) is 29.9 Å². The first-order valence-electron chi connectivity index (χ1n) is 5.40. The van der Waals surface area contributed by atoms with Crippen LogP contribution in [0, 0.1) is 0 Å². The number of aromatic nitrogens is 2. The maximum atomic E-state index is 12.1. The number of thiocarbonyl (C=S) groups is 1. The second-order valence-electron chi connectivity index (χ2n) is 4.04. The van der Waals surface area contributed by atoms with E-state index in [0.717, 1.165) is 0 Å². The summed E-state index contributed by atoms with van der Waals surface area (Å²) in [6.45, 7) is 0. The maximum Gasteiger partial charge on any atom is 0.280 e. The van der Waals surface area contributed by atoms with Gasteiger partial charge in [0.1, 0.15) is 4.99 Å². The predicted molar refractivity (Wildman–Crippen MR) is 81.4 cm³/mol. The van der Waals surface area contributed by atoms with E-state index in [0.29, 0.717) is 5.56 Å². The van der Waals surface area contributed by atoms with Crippen molar-refractivity contribution in [2.45, 2.75) is 5.03 Å². The summed E-state index contributed by atoms with van der Waals surface area (Å²) in [6, 6.07) is 4.61. The Morgan fingerprint density at radius 2 is 2.20 bits per heavy atom. The summed E-state index contributed by atoms with van der Waals surface area (Å²) in [7, 11) is -2.13. The van der Waals surface area contributed by atoms with E-state index in [1.165, 1.54) is 29.2 Å². The highest BCUT2D eigenvalue weighted by atomic mass is 35.5. The fourth-order valence-corrected chi connectivity index (χ4v) is 2.88. The molecule has 1 aromatic carbocycles. The first-order chi connectivity index (χ1) is 9.29. The Morgan fingerprint density at radius 1 is 1.50 bits per heavy atom. The van der Waals surface area contributed by atoms with Crippen LogP contribution in [0.25, 0.3) is 0 Å². The number of nitrogens with two attached hydrogens (primary N) is 1. The van der Waals surface area contributed by atoms with Crippen molar-refractivity contribution in [3.8, 4) is 0 Å². The Balaban J connectivity index is 2.39. The second-order valence-corrected chi connectivity index (χ2v) is 6.52. The minimum Gasteiger partial charge on any atom is -0.389 e. The largest absolute Gasteiger partial charge is 0.389 e. The first kappa shape index (κ1) is 14.8. The molecule has 0 aliphatic carbocycles. The molecule has 1 aromatic heterocycles. The minimum absolute atomic E-state index is 0.100. The van der Waals surface area contributed by atoms with Crippen molar-refractivity contribution in [3.05, 3.63) is 41.3 Å². The Labute approximate surface area is 126 Å². The van der Waals surface area contributed by atoms with Gasteiger partial charge in [0.25, 0.3) is 10.0 Å². The lowest BCUT2D eigenvalue weighted by Gasteiger charge is -2.09. The number of hydrogen-bond donors (Lipinski definition) is 2. The molecule has 3 N–H and O–H groups in total. The summed E-state index contributed by atoms with van der Waals surface area (Å²) in [6.07, 6.45) is 2.77. The summed E-state index contributed by atoms with van der Waals surface area (Å²) in [4.78, 5) is 3.94. The molecule has 0 radical (unpaired) electrons. The van der Waals surface area contributed by atoms with Crippen molar-refractivity contribution in [1.29, 1.82) is 0 Å². The highest BCUT2D eigenvalue weighted by Gasteiger charge is 2.18. The van der Waals surface area contributed by atoms with Gasteiger partial charge >= 0.3 is 0 Å². The van der Waals surface area contributed by atoms with Crippen LogP contribution >= 0.6 is 23.8 Å². The van der Waals surface area contributed by atoms with Gasteiger partial charge in [-0.15, -0.1) is 0 Å². The van der Waals surface area contributed by atoms with Gasteiger partial charge in [0.2, 0.25) is 0 Å². The van der Waals surface area contributed by atoms with E-state index in [9.17, 15) is 8.42 Å². The number of sulfonamides is 1. The van der Waals surface area contributed by atoms with Crippen LogP contribution in [0.15, 0.2) is 35.7 Å². The van der Waals surface area contributed by atoms with Crippen LogP contribution in [-0.4, -0.2) is 23.0 Å². The molecule has 106 valence electrons. The highest BCUT2D eigenvalue weighted by molar-refractivity contribution is 7.92. The number of anilines is 1. The molecule has 0 saturated carbocycles. The summed E-state index contributed by atoms with van der Waals surface area (Å²) in [5.74, 6) is 0. The van der Waals surface area contributed by atoms with Gasteiger partial charge in [-0.3, -0.25) is 4.72 Å². The van der Waals surface area contributed by atoms with Gasteiger partial charge in [-0.05, 0) is 12.1 Å². The maximum absolute atomic E-state index is 12.1. The van der Waals surface area contributed by atoms with Crippen molar-refractivity contribution in [1.82, 2.24) is 9.55 Å². The van der Waals surface area contributed by atoms with E-state index in [-0.39, 0.29) is 20.7 Å². The number of nitrogens with zero attached hydrogens (tertiary/aromatic N) is 2. The lowest BCUT2D eigenvalue weighted by Crippen LogP contribution is -2.15. The van der Waals surface area contributed by atoms with Crippen LogP contribution in [0.5, 0.6) is 0 Å². The molecular weight excluding hydrogens is 320 g/mol. The third kappa shape index (κ3) is 3.09. The normalized spacial score (nSPS) is 11.3. The summed E-state index contributed by atoms with van der Waals surface area (Å²) in [5.41, 5.74) is 6.22. The van der Waals surface area contributed by atoms with Gasteiger partial charge in [0.15, 0.2) is 5.03 Å². The number of nitrogens with one attached hydrogen (secondary N) is 1. The summed E-state index contributed by atoms with van der Waals surface area (Å²) in [5, 5.41) is 0.140. The van der Waals surface area contributed by atoms with E-state index >= 15 is 0 Å². The van der Waals surface area contributed by atoms with Crippen LogP contribution < -0.4 is 10.5 Å². The van der Waals surface area contributed by atoms with E-state index in [1.807, 2.05) is 0 Å². The van der Waals surface area contributed by atoms with Gasteiger partial charge in [-0.2, -0.15) is 8.42 Å². The van der Waals surface area contributed by atoms with Crippen molar-refractivity contribution in [2.24, 2.45) is 12.8 Å². The SMILES string of the molecule is Cn1cnc(S(=O)(=O)Nc2cc(C(N)=S)ccc2Cl)c1. The molecule has 6 nitrogen and oxygen atoms in total. The van der Waals surface area contributed by atoms with Crippen LogP contribution in [0.2, 0.25) is 5.02 Å². The van der Waals surface area contributed by atoms with Crippen molar-refractivity contribution in [2.75, 3.05) is 4.72 Å². The molecule has 0 fully saturated rings. The molecule has 20 heavy (non-hydrogen) atoms. The Morgan fingerprint density at radius 3 is 2.75 bits per heavy atom. The molecule has 0 aliphatic rings. The van der Waals surface area contributed by atoms with Crippen LogP contribution in [0.3, 0.4) is 0 Å². The number of aryl methyl sites for hydroxylation is 1. The molecular formula is C11H11ClN4O2S2. The molecule has 0 atom stereocenters. The number of hydrogen-bond acceptors (Lipinski definition) is 4. The minimum atomic E-state index is -3.81. The van der Waals surface area contributed by atoms with Crippen molar-refractivity contribution >= 4 is 44.5 Å². The number of halogens is 1. The molecule has 0 amide bonds. The highest BCUT2D eigenvalue weighted by Crippen LogP contribution is 2.25. The summed E-state index contributed by atoms with van der Waals surface area (Å²) < 4.78 is 28.2. The molecule has 2 rings (SSSR count). The molecule has 0 aliphatic heterocycles.